The first-order valence-electron chi connectivity index (χ1n) is 5.68. The van der Waals surface area contributed by atoms with Crippen LogP contribution in [0.15, 0.2) is 35.6 Å². The van der Waals surface area contributed by atoms with E-state index in [1.54, 1.807) is 38.2 Å². The molecule has 0 unspecified atom stereocenters. The highest BCUT2D eigenvalue weighted by Crippen LogP contribution is 2.21. The Bertz CT molecular complexity index is 680. The lowest BCUT2D eigenvalue weighted by Crippen LogP contribution is -2.09. The monoisotopic (exact) mass is 311 g/mol. The van der Waals surface area contributed by atoms with E-state index < -0.39 is 5.97 Å². The third-order valence-electron chi connectivity index (χ3n) is 2.62. The minimum absolute atomic E-state index is 0.309. The highest BCUT2D eigenvalue weighted by molar-refractivity contribution is 6.37. The zero-order valence-electron chi connectivity index (χ0n) is 10.8. The average Bonchev–Trinajstić information content (AvgIpc) is 2.82. The lowest BCUT2D eigenvalue weighted by Gasteiger charge is -2.04. The van der Waals surface area contributed by atoms with E-state index in [4.69, 9.17) is 28.0 Å². The van der Waals surface area contributed by atoms with Gasteiger partial charge in [-0.15, -0.1) is 0 Å². The molecule has 20 heavy (non-hydrogen) atoms. The number of benzene rings is 1. The van der Waals surface area contributed by atoms with Gasteiger partial charge in [0.1, 0.15) is 5.69 Å². The lowest BCUT2D eigenvalue weighted by molar-refractivity contribution is 0.0503. The van der Waals surface area contributed by atoms with E-state index in [2.05, 4.69) is 10.3 Å². The van der Waals surface area contributed by atoms with Crippen LogP contribution in [0.5, 0.6) is 0 Å². The fraction of sp³-hybridized carbons (Fsp3) is 0.154. The second kappa shape index (κ2) is 6.07. The van der Waals surface area contributed by atoms with Gasteiger partial charge in [-0.1, -0.05) is 34.4 Å². The second-order valence-electron chi connectivity index (χ2n) is 4.02. The largest absolute Gasteiger partial charge is 0.383 e. The Morgan fingerprint density at radius 1 is 1.35 bits per heavy atom. The molecule has 0 saturated carbocycles. The Balaban J connectivity index is 2.15. The maximum Gasteiger partial charge on any atom is 0.383 e. The normalized spacial score (nSPS) is 11.5. The van der Waals surface area contributed by atoms with Gasteiger partial charge in [-0.05, 0) is 25.1 Å². The van der Waals surface area contributed by atoms with Gasteiger partial charge in [-0.25, -0.2) is 4.79 Å². The molecule has 1 aromatic heterocycles. The third-order valence-corrected chi connectivity index (χ3v) is 3.16. The number of halogens is 2. The van der Waals surface area contributed by atoms with E-state index in [0.717, 1.165) is 0 Å². The van der Waals surface area contributed by atoms with Crippen molar-refractivity contribution in [2.45, 2.75) is 6.92 Å². The Morgan fingerprint density at radius 3 is 2.70 bits per heavy atom. The molecule has 1 heterocycles. The van der Waals surface area contributed by atoms with Gasteiger partial charge in [-0.2, -0.15) is 5.10 Å². The summed E-state index contributed by atoms with van der Waals surface area (Å²) in [6.45, 7) is 1.69. The number of carbonyl (C=O) groups is 1. The first kappa shape index (κ1) is 14.6. The molecule has 0 radical (unpaired) electrons. The van der Waals surface area contributed by atoms with Crippen molar-refractivity contribution >= 4 is 34.9 Å². The third kappa shape index (κ3) is 3.18. The summed E-state index contributed by atoms with van der Waals surface area (Å²) in [5.74, 6) is -0.588. The lowest BCUT2D eigenvalue weighted by atomic mass is 10.1. The molecule has 2 aromatic rings. The average molecular weight is 312 g/mol. The van der Waals surface area contributed by atoms with Gasteiger partial charge in [0.25, 0.3) is 0 Å². The van der Waals surface area contributed by atoms with Crippen LogP contribution in [0.2, 0.25) is 10.0 Å². The Hall–Kier alpha value is -1.85. The zero-order chi connectivity index (χ0) is 14.7. The molecule has 104 valence electrons. The maximum atomic E-state index is 11.8. The molecule has 0 aliphatic heterocycles. The molecule has 0 atom stereocenters. The summed E-state index contributed by atoms with van der Waals surface area (Å²) < 4.78 is 1.41. The fourth-order valence-electron chi connectivity index (χ4n) is 1.56. The minimum atomic E-state index is -0.588. The van der Waals surface area contributed by atoms with Crippen molar-refractivity contribution in [3.8, 4) is 0 Å². The highest BCUT2D eigenvalue weighted by Gasteiger charge is 2.12. The van der Waals surface area contributed by atoms with Crippen LogP contribution in [0.4, 0.5) is 0 Å². The molecule has 0 aliphatic carbocycles. The molecule has 5 nitrogen and oxygen atoms in total. The van der Waals surface area contributed by atoms with Crippen molar-refractivity contribution < 1.29 is 9.63 Å². The van der Waals surface area contributed by atoms with E-state index in [-0.39, 0.29) is 0 Å². The van der Waals surface area contributed by atoms with Gasteiger partial charge < -0.3 is 4.84 Å². The van der Waals surface area contributed by atoms with E-state index in [1.807, 2.05) is 0 Å². The summed E-state index contributed by atoms with van der Waals surface area (Å²) >= 11 is 11.9. The first-order chi connectivity index (χ1) is 9.49. The predicted molar refractivity (Wildman–Crippen MR) is 77.3 cm³/mol. The summed E-state index contributed by atoms with van der Waals surface area (Å²) in [5, 5.41) is 8.63. The molecule has 2 rings (SSSR count). The van der Waals surface area contributed by atoms with Crippen LogP contribution >= 0.6 is 23.2 Å². The van der Waals surface area contributed by atoms with Gasteiger partial charge >= 0.3 is 5.97 Å². The smallest absolute Gasteiger partial charge is 0.311 e. The quantitative estimate of drug-likeness (QED) is 0.496. The summed E-state index contributed by atoms with van der Waals surface area (Å²) in [5.41, 5.74) is 1.43. The van der Waals surface area contributed by atoms with E-state index in [1.165, 1.54) is 10.9 Å². The minimum Gasteiger partial charge on any atom is -0.311 e. The van der Waals surface area contributed by atoms with E-state index in [0.29, 0.717) is 27.0 Å². The van der Waals surface area contributed by atoms with Crippen LogP contribution in [-0.4, -0.2) is 21.5 Å². The van der Waals surface area contributed by atoms with Crippen LogP contribution in [0.25, 0.3) is 0 Å². The second-order valence-corrected chi connectivity index (χ2v) is 4.86. The SMILES string of the molecule is C/C(=N\OC(=O)c1ccnn1C)c1ccc(Cl)cc1Cl. The maximum absolute atomic E-state index is 11.8. The van der Waals surface area contributed by atoms with Crippen LogP contribution in [0.3, 0.4) is 0 Å². The predicted octanol–water partition coefficient (Wildman–Crippen LogP) is 3.31. The van der Waals surface area contributed by atoms with Crippen molar-refractivity contribution in [2.24, 2.45) is 12.2 Å². The Morgan fingerprint density at radius 2 is 2.10 bits per heavy atom. The molecular weight excluding hydrogens is 301 g/mol. The van der Waals surface area contributed by atoms with Gasteiger partial charge in [0.2, 0.25) is 0 Å². The number of aromatic nitrogens is 2. The number of hydrogen-bond donors (Lipinski definition) is 0. The summed E-state index contributed by atoms with van der Waals surface area (Å²) in [7, 11) is 1.64. The van der Waals surface area contributed by atoms with Crippen LogP contribution in [0, 0.1) is 0 Å². The molecule has 0 aliphatic rings. The molecule has 0 saturated heterocycles. The summed E-state index contributed by atoms with van der Waals surface area (Å²) in [4.78, 5) is 16.6. The number of aryl methyl sites for hydroxylation is 1. The van der Waals surface area contributed by atoms with E-state index >= 15 is 0 Å². The van der Waals surface area contributed by atoms with E-state index in [9.17, 15) is 4.79 Å². The van der Waals surface area contributed by atoms with Gasteiger partial charge in [0.05, 0.1) is 10.7 Å². The van der Waals surface area contributed by atoms with Crippen LogP contribution in [-0.2, 0) is 11.9 Å². The van der Waals surface area contributed by atoms with Crippen molar-refractivity contribution in [3.63, 3.8) is 0 Å². The summed E-state index contributed by atoms with van der Waals surface area (Å²) in [6, 6.07) is 6.54. The van der Waals surface area contributed by atoms with Crippen molar-refractivity contribution in [1.29, 1.82) is 0 Å². The van der Waals surface area contributed by atoms with Gasteiger partial charge in [0.15, 0.2) is 0 Å². The molecule has 1 aromatic carbocycles. The molecule has 0 N–H and O–H groups in total. The fourth-order valence-corrected chi connectivity index (χ4v) is 2.11. The number of rotatable bonds is 3. The molecule has 7 heteroatoms. The molecule has 0 amide bonds. The molecule has 0 spiro atoms. The molecular formula is C13H11Cl2N3O2. The van der Waals surface area contributed by atoms with Crippen molar-refractivity contribution in [3.05, 3.63) is 51.8 Å². The highest BCUT2D eigenvalue weighted by atomic mass is 35.5. The molecule has 0 bridgehead atoms. The van der Waals surface area contributed by atoms with Crippen LogP contribution in [0.1, 0.15) is 23.0 Å². The number of hydrogen-bond acceptors (Lipinski definition) is 4. The molecule has 0 fully saturated rings. The van der Waals surface area contributed by atoms with Crippen molar-refractivity contribution in [1.82, 2.24) is 9.78 Å². The topological polar surface area (TPSA) is 56.5 Å². The van der Waals surface area contributed by atoms with Gasteiger partial charge in [-0.3, -0.25) is 4.68 Å². The Labute approximate surface area is 125 Å². The summed E-state index contributed by atoms with van der Waals surface area (Å²) in [6.07, 6.45) is 1.50. The number of nitrogens with zero attached hydrogens (tertiary/aromatic N) is 3. The first-order valence-corrected chi connectivity index (χ1v) is 6.44. The number of oxime groups is 1. The Kier molecular flexibility index (Phi) is 4.42. The van der Waals surface area contributed by atoms with Gasteiger partial charge in [0, 0.05) is 23.8 Å². The van der Waals surface area contributed by atoms with Crippen molar-refractivity contribution in [2.75, 3.05) is 0 Å². The number of carbonyl (C=O) groups excluding carboxylic acids is 1. The standard InChI is InChI=1S/C13H11Cl2N3O2/c1-8(10-4-3-9(14)7-11(10)15)17-20-13(19)12-5-6-16-18(12)2/h3-7H,1-2H3/b17-8+. The zero-order valence-corrected chi connectivity index (χ0v) is 12.3. The van der Waals surface area contributed by atoms with Crippen LogP contribution < -0.4 is 0 Å².